The summed E-state index contributed by atoms with van der Waals surface area (Å²) >= 11 is 0. The van der Waals surface area contributed by atoms with Crippen LogP contribution in [0.25, 0.3) is 11.4 Å². The maximum atomic E-state index is 14.4. The quantitative estimate of drug-likeness (QED) is 0.117. The minimum absolute atomic E-state index is 0.00178. The number of hydrogen-bond acceptors (Lipinski definition) is 6. The van der Waals surface area contributed by atoms with Crippen LogP contribution in [0.15, 0.2) is 107 Å². The van der Waals surface area contributed by atoms with Crippen molar-refractivity contribution in [1.82, 2.24) is 19.6 Å². The molecule has 0 saturated carbocycles. The number of rotatable bonds is 13. The van der Waals surface area contributed by atoms with Crippen LogP contribution in [0, 0.1) is 13.8 Å². The minimum atomic E-state index is -1.14. The van der Waals surface area contributed by atoms with Gasteiger partial charge in [-0.25, -0.2) is 19.0 Å². The fraction of sp³-hybridized carbons (Fsp3) is 0.179. The summed E-state index contributed by atoms with van der Waals surface area (Å²) in [5.74, 6) is -2.30. The van der Waals surface area contributed by atoms with Gasteiger partial charge < -0.3 is 19.7 Å². The largest absolute Gasteiger partial charge is 0.490 e. The first-order valence-corrected chi connectivity index (χ1v) is 16.3. The zero-order valence-corrected chi connectivity index (χ0v) is 28.2. The van der Waals surface area contributed by atoms with Crippen LogP contribution in [0.1, 0.15) is 67.2 Å². The number of H-pyrrole nitrogens is 2. The Morgan fingerprint density at radius 2 is 1.24 bits per heavy atom. The lowest BCUT2D eigenvalue weighted by Gasteiger charge is -2.19. The highest BCUT2D eigenvalue weighted by Crippen LogP contribution is 2.37. The van der Waals surface area contributed by atoms with Crippen LogP contribution in [0.4, 0.5) is 0 Å². The van der Waals surface area contributed by atoms with Crippen molar-refractivity contribution in [2.24, 2.45) is 0 Å². The molecule has 0 bridgehead atoms. The van der Waals surface area contributed by atoms with Gasteiger partial charge in [0.25, 0.3) is 11.1 Å². The molecule has 0 amide bonds. The van der Waals surface area contributed by atoms with E-state index in [2.05, 4.69) is 10.2 Å². The summed E-state index contributed by atoms with van der Waals surface area (Å²) in [5, 5.41) is 25.3. The van der Waals surface area contributed by atoms with Crippen molar-refractivity contribution in [2.75, 3.05) is 13.2 Å². The minimum Gasteiger partial charge on any atom is -0.490 e. The van der Waals surface area contributed by atoms with Gasteiger partial charge in [-0.05, 0) is 80.4 Å². The Morgan fingerprint density at radius 3 is 1.75 bits per heavy atom. The van der Waals surface area contributed by atoms with E-state index < -0.39 is 29.0 Å². The lowest BCUT2D eigenvalue weighted by atomic mass is 9.85. The number of carboxylic acid groups (broad SMARTS) is 2. The molecule has 0 fully saturated rings. The molecular weight excluding hydrogens is 652 g/mol. The van der Waals surface area contributed by atoms with Crippen molar-refractivity contribution < 1.29 is 29.3 Å². The number of hydrogen-bond donors (Lipinski definition) is 4. The zero-order chi connectivity index (χ0) is 36.2. The van der Waals surface area contributed by atoms with E-state index >= 15 is 0 Å². The Hall–Kier alpha value is -6.56. The molecule has 6 aromatic rings. The van der Waals surface area contributed by atoms with E-state index in [4.69, 9.17) is 9.47 Å². The SMILES string of the molecule is CCOc1cc(C(c2c(C)[nH]n(-c3cccc(C(=O)O)c3)c2=O)c2c(C)[nH]n(-c3cccc(C(=O)O)c3)c2=O)ccc1OCCc1ccccc1. The van der Waals surface area contributed by atoms with Crippen molar-refractivity contribution >= 4 is 11.9 Å². The van der Waals surface area contributed by atoms with Gasteiger partial charge in [-0.3, -0.25) is 19.8 Å². The molecule has 4 aromatic carbocycles. The number of aromatic carboxylic acids is 2. The van der Waals surface area contributed by atoms with Gasteiger partial charge in [-0.1, -0.05) is 48.5 Å². The standard InChI is InChI=1S/C39H36N4O8/c1-4-50-32-22-26(16-17-31(32)51-19-18-25-10-6-5-7-11-25)35(33-23(2)40-42(36(33)44)29-14-8-12-27(20-29)38(46)47)34-24(3)41-43(37(34)45)30-15-9-13-28(21-30)39(48)49/h5-17,20-22,35,40-41H,4,18-19H2,1-3H3,(H,46,47)(H,48,49). The van der Waals surface area contributed by atoms with Crippen LogP contribution >= 0.6 is 0 Å². The molecule has 260 valence electrons. The molecule has 0 spiro atoms. The molecule has 2 aromatic heterocycles. The van der Waals surface area contributed by atoms with Crippen LogP contribution in [0.2, 0.25) is 0 Å². The molecule has 51 heavy (non-hydrogen) atoms. The number of carbonyl (C=O) groups is 2. The van der Waals surface area contributed by atoms with E-state index in [0.717, 1.165) is 5.56 Å². The van der Waals surface area contributed by atoms with Crippen molar-refractivity contribution in [3.05, 3.63) is 163 Å². The number of nitrogens with zero attached hydrogens (tertiary/aromatic N) is 2. The summed E-state index contributed by atoms with van der Waals surface area (Å²) in [6.45, 7) is 5.99. The predicted octanol–water partition coefficient (Wildman–Crippen LogP) is 5.86. The number of carboxylic acids is 2. The molecule has 6 rings (SSSR count). The van der Waals surface area contributed by atoms with E-state index in [0.29, 0.717) is 59.5 Å². The van der Waals surface area contributed by atoms with Gasteiger partial charge in [0.1, 0.15) is 0 Å². The number of aryl methyl sites for hydroxylation is 2. The fourth-order valence-corrected chi connectivity index (χ4v) is 6.21. The summed E-state index contributed by atoms with van der Waals surface area (Å²) in [4.78, 5) is 52.2. The van der Waals surface area contributed by atoms with Gasteiger partial charge in [-0.15, -0.1) is 0 Å². The average Bonchev–Trinajstić information content (AvgIpc) is 3.59. The topological polar surface area (TPSA) is 169 Å². The Morgan fingerprint density at radius 1 is 0.686 bits per heavy atom. The molecule has 0 aliphatic carbocycles. The molecule has 12 heteroatoms. The predicted molar refractivity (Wildman–Crippen MR) is 190 cm³/mol. The van der Waals surface area contributed by atoms with Gasteiger partial charge in [0.2, 0.25) is 0 Å². The first-order valence-electron chi connectivity index (χ1n) is 16.3. The highest BCUT2D eigenvalue weighted by molar-refractivity contribution is 5.88. The lowest BCUT2D eigenvalue weighted by Crippen LogP contribution is -2.25. The Balaban J connectivity index is 1.51. The molecule has 2 heterocycles. The number of benzene rings is 4. The summed E-state index contributed by atoms with van der Waals surface area (Å²) < 4.78 is 14.7. The second kappa shape index (κ2) is 14.5. The number of ether oxygens (including phenoxy) is 2. The molecule has 0 saturated heterocycles. The van der Waals surface area contributed by atoms with Crippen LogP contribution in [-0.4, -0.2) is 54.9 Å². The van der Waals surface area contributed by atoms with Crippen LogP contribution in [-0.2, 0) is 6.42 Å². The summed E-state index contributed by atoms with van der Waals surface area (Å²) in [6.07, 6.45) is 0.674. The maximum absolute atomic E-state index is 14.4. The van der Waals surface area contributed by atoms with Gasteiger partial charge >= 0.3 is 11.9 Å². The molecule has 0 unspecified atom stereocenters. The first kappa shape index (κ1) is 34.3. The Bertz CT molecular complexity index is 2230. The molecule has 4 N–H and O–H groups in total. The van der Waals surface area contributed by atoms with Crippen LogP contribution < -0.4 is 20.6 Å². The highest BCUT2D eigenvalue weighted by atomic mass is 16.5. The summed E-state index contributed by atoms with van der Waals surface area (Å²) in [7, 11) is 0. The highest BCUT2D eigenvalue weighted by Gasteiger charge is 2.32. The lowest BCUT2D eigenvalue weighted by molar-refractivity contribution is 0.0686. The molecule has 0 aliphatic rings. The molecule has 0 aliphatic heterocycles. The van der Waals surface area contributed by atoms with E-state index in [1.54, 1.807) is 56.3 Å². The van der Waals surface area contributed by atoms with E-state index in [9.17, 15) is 29.4 Å². The summed E-state index contributed by atoms with van der Waals surface area (Å²) in [5.41, 5.74) is 2.72. The second-order valence-corrected chi connectivity index (χ2v) is 11.9. The van der Waals surface area contributed by atoms with Gasteiger partial charge in [0, 0.05) is 23.7 Å². The normalized spacial score (nSPS) is 11.1. The Kier molecular flexibility index (Phi) is 9.76. The third-order valence-corrected chi connectivity index (χ3v) is 8.61. The zero-order valence-electron chi connectivity index (χ0n) is 28.2. The molecular formula is C39H36N4O8. The van der Waals surface area contributed by atoms with Crippen molar-refractivity contribution in [2.45, 2.75) is 33.1 Å². The van der Waals surface area contributed by atoms with Crippen LogP contribution in [0.3, 0.4) is 0 Å². The van der Waals surface area contributed by atoms with E-state index in [1.165, 1.54) is 33.6 Å². The third kappa shape index (κ3) is 6.97. The molecule has 12 nitrogen and oxygen atoms in total. The van der Waals surface area contributed by atoms with Gasteiger partial charge in [0.15, 0.2) is 11.5 Å². The third-order valence-electron chi connectivity index (χ3n) is 8.61. The number of aromatic amines is 2. The average molecular weight is 689 g/mol. The number of aromatic nitrogens is 4. The second-order valence-electron chi connectivity index (χ2n) is 11.9. The van der Waals surface area contributed by atoms with Crippen molar-refractivity contribution in [3.63, 3.8) is 0 Å². The smallest absolute Gasteiger partial charge is 0.335 e. The van der Waals surface area contributed by atoms with E-state index in [-0.39, 0.29) is 22.3 Å². The van der Waals surface area contributed by atoms with Gasteiger partial charge in [0.05, 0.1) is 46.8 Å². The van der Waals surface area contributed by atoms with Crippen molar-refractivity contribution in [1.29, 1.82) is 0 Å². The maximum Gasteiger partial charge on any atom is 0.335 e. The van der Waals surface area contributed by atoms with Crippen molar-refractivity contribution in [3.8, 4) is 22.9 Å². The summed E-state index contributed by atoms with van der Waals surface area (Å²) in [6, 6.07) is 27.2. The number of nitrogens with one attached hydrogen (secondary N) is 2. The molecule has 0 atom stereocenters. The first-order chi connectivity index (χ1) is 24.6. The monoisotopic (exact) mass is 688 g/mol. The molecule has 0 radical (unpaired) electrons. The van der Waals surface area contributed by atoms with Crippen LogP contribution in [0.5, 0.6) is 11.5 Å². The fourth-order valence-electron chi connectivity index (χ4n) is 6.21. The Labute approximate surface area is 292 Å². The van der Waals surface area contributed by atoms with Gasteiger partial charge in [-0.2, -0.15) is 0 Å². The van der Waals surface area contributed by atoms with E-state index in [1.807, 2.05) is 37.3 Å².